The van der Waals surface area contributed by atoms with Crippen LogP contribution in [-0.4, -0.2) is 53.1 Å². The molecule has 4 rings (SSSR count). The fourth-order valence-electron chi connectivity index (χ4n) is 3.75. The van der Waals surface area contributed by atoms with Crippen LogP contribution in [0.2, 0.25) is 0 Å². The Bertz CT molecular complexity index is 1210. The lowest BCUT2D eigenvalue weighted by atomic mass is 9.98. The number of allylic oxidation sites excluding steroid dienone is 4. The number of amides is 2. The first-order valence-electron chi connectivity index (χ1n) is 10.7. The number of alkyl halides is 3. The SMILES string of the molecule is COC(=O)N1CC[C@@H](Nc2ncc(C(F)(F)F)c(Nc3ccc(C4=CC=C4)cc3NC(C)=O)n2)C1. The van der Waals surface area contributed by atoms with Gasteiger partial charge >= 0.3 is 12.3 Å². The van der Waals surface area contributed by atoms with E-state index >= 15 is 0 Å². The second kappa shape index (κ2) is 9.65. The predicted octanol–water partition coefficient (Wildman–Crippen LogP) is 4.40. The van der Waals surface area contributed by atoms with Crippen LogP contribution in [-0.2, 0) is 15.7 Å². The van der Waals surface area contributed by atoms with Gasteiger partial charge < -0.3 is 25.6 Å². The van der Waals surface area contributed by atoms with Gasteiger partial charge in [0.2, 0.25) is 11.9 Å². The number of aromatic nitrogens is 2. The van der Waals surface area contributed by atoms with Crippen LogP contribution in [0.3, 0.4) is 0 Å². The standard InChI is InChI=1S/C23H23F3N6O3/c1-13(33)28-19-10-15(14-4-3-5-14)6-7-18(19)30-20-17(23(24,25)26)11-27-21(31-20)29-16-8-9-32(12-16)22(34)35-2/h3-7,10-11,16H,8-9,12H2,1-2H3,(H,28,33)(H2,27,29,30,31)/t16-/m1/s1. The maximum atomic E-state index is 13.7. The molecule has 2 heterocycles. The van der Waals surface area contributed by atoms with E-state index in [1.54, 1.807) is 18.2 Å². The summed E-state index contributed by atoms with van der Waals surface area (Å²) in [6.07, 6.45) is 1.68. The highest BCUT2D eigenvalue weighted by molar-refractivity contribution is 5.95. The van der Waals surface area contributed by atoms with E-state index in [2.05, 4.69) is 25.9 Å². The number of benzene rings is 1. The number of nitrogens with one attached hydrogen (secondary N) is 3. The molecule has 2 amide bonds. The molecule has 0 bridgehead atoms. The van der Waals surface area contributed by atoms with E-state index in [1.165, 1.54) is 18.9 Å². The summed E-state index contributed by atoms with van der Waals surface area (Å²) in [6, 6.07) is 4.73. The van der Waals surface area contributed by atoms with Crippen molar-refractivity contribution < 1.29 is 27.5 Å². The van der Waals surface area contributed by atoms with E-state index < -0.39 is 23.7 Å². The van der Waals surface area contributed by atoms with Crippen molar-refractivity contribution in [3.63, 3.8) is 0 Å². The largest absolute Gasteiger partial charge is 0.453 e. The van der Waals surface area contributed by atoms with E-state index in [1.807, 2.05) is 18.2 Å². The lowest BCUT2D eigenvalue weighted by Gasteiger charge is -2.19. The number of carbonyl (C=O) groups is 2. The van der Waals surface area contributed by atoms with Crippen molar-refractivity contribution in [2.24, 2.45) is 0 Å². The van der Waals surface area contributed by atoms with Gasteiger partial charge in [-0.15, -0.1) is 0 Å². The molecule has 1 atom stereocenters. The zero-order valence-electron chi connectivity index (χ0n) is 18.9. The number of hydrogen-bond acceptors (Lipinski definition) is 7. The van der Waals surface area contributed by atoms with Crippen LogP contribution in [0, 0.1) is 0 Å². The maximum Gasteiger partial charge on any atom is 0.421 e. The van der Waals surface area contributed by atoms with Crippen LogP contribution in [0.4, 0.5) is 41.1 Å². The van der Waals surface area contributed by atoms with Crippen molar-refractivity contribution in [2.45, 2.75) is 25.6 Å². The first kappa shape index (κ1) is 24.0. The van der Waals surface area contributed by atoms with E-state index in [0.717, 1.165) is 11.1 Å². The summed E-state index contributed by atoms with van der Waals surface area (Å²) >= 11 is 0. The van der Waals surface area contributed by atoms with Crippen LogP contribution >= 0.6 is 0 Å². The van der Waals surface area contributed by atoms with Gasteiger partial charge in [-0.05, 0) is 29.7 Å². The Morgan fingerprint density at radius 1 is 1.23 bits per heavy atom. The Hall–Kier alpha value is -4.09. The Labute approximate surface area is 199 Å². The first-order valence-corrected chi connectivity index (χ1v) is 10.7. The Balaban J connectivity index is 1.62. The lowest BCUT2D eigenvalue weighted by molar-refractivity contribution is -0.137. The zero-order valence-corrected chi connectivity index (χ0v) is 18.9. The third kappa shape index (κ3) is 5.53. The number of anilines is 4. The van der Waals surface area contributed by atoms with Crippen LogP contribution < -0.4 is 16.0 Å². The molecule has 1 saturated heterocycles. The number of nitrogens with zero attached hydrogens (tertiary/aromatic N) is 3. The van der Waals surface area contributed by atoms with Crippen molar-refractivity contribution in [1.82, 2.24) is 14.9 Å². The van der Waals surface area contributed by atoms with Gasteiger partial charge in [0.05, 0.1) is 18.5 Å². The lowest BCUT2D eigenvalue weighted by Crippen LogP contribution is -2.31. The fraction of sp³-hybridized carbons (Fsp3) is 0.304. The van der Waals surface area contributed by atoms with Gasteiger partial charge in [-0.3, -0.25) is 4.79 Å². The zero-order chi connectivity index (χ0) is 25.2. The average molecular weight is 488 g/mol. The van der Waals surface area contributed by atoms with E-state index in [4.69, 9.17) is 4.74 Å². The molecule has 2 aliphatic rings. The minimum Gasteiger partial charge on any atom is -0.453 e. The molecule has 0 unspecified atom stereocenters. The smallest absolute Gasteiger partial charge is 0.421 e. The molecule has 0 saturated carbocycles. The summed E-state index contributed by atoms with van der Waals surface area (Å²) in [5, 5.41) is 8.33. The number of halogens is 3. The summed E-state index contributed by atoms with van der Waals surface area (Å²) in [5.41, 5.74) is 1.22. The third-order valence-electron chi connectivity index (χ3n) is 5.52. The maximum absolute atomic E-state index is 13.7. The molecule has 9 nitrogen and oxygen atoms in total. The molecule has 12 heteroatoms. The summed E-state index contributed by atoms with van der Waals surface area (Å²) in [6.45, 7) is 2.05. The van der Waals surface area contributed by atoms with Crippen molar-refractivity contribution in [1.29, 1.82) is 0 Å². The third-order valence-corrected chi connectivity index (χ3v) is 5.52. The van der Waals surface area contributed by atoms with Crippen LogP contribution in [0.5, 0.6) is 0 Å². The summed E-state index contributed by atoms with van der Waals surface area (Å²) in [4.78, 5) is 32.8. The van der Waals surface area contributed by atoms with E-state index in [9.17, 15) is 22.8 Å². The topological polar surface area (TPSA) is 108 Å². The number of carbonyl (C=O) groups excluding carboxylic acids is 2. The number of ether oxygens (including phenoxy) is 1. The molecule has 35 heavy (non-hydrogen) atoms. The molecule has 1 aliphatic carbocycles. The fourth-order valence-corrected chi connectivity index (χ4v) is 3.75. The highest BCUT2D eigenvalue weighted by Gasteiger charge is 2.36. The number of methoxy groups -OCH3 is 1. The Morgan fingerprint density at radius 2 is 2.00 bits per heavy atom. The van der Waals surface area contributed by atoms with Crippen molar-refractivity contribution in [2.75, 3.05) is 36.1 Å². The highest BCUT2D eigenvalue weighted by Crippen LogP contribution is 2.37. The van der Waals surface area contributed by atoms with Crippen molar-refractivity contribution in [3.8, 4) is 0 Å². The van der Waals surface area contributed by atoms with E-state index in [0.29, 0.717) is 31.4 Å². The van der Waals surface area contributed by atoms with Gasteiger partial charge in [-0.1, -0.05) is 24.3 Å². The molecule has 3 N–H and O–H groups in total. The Kier molecular flexibility index (Phi) is 6.63. The number of likely N-dealkylation sites (tertiary alicyclic amines) is 1. The predicted molar refractivity (Wildman–Crippen MR) is 124 cm³/mol. The molecule has 0 radical (unpaired) electrons. The molecule has 2 aromatic rings. The molecular formula is C23H23F3N6O3. The summed E-state index contributed by atoms with van der Waals surface area (Å²) < 4.78 is 45.9. The highest BCUT2D eigenvalue weighted by atomic mass is 19.4. The first-order chi connectivity index (χ1) is 16.6. The monoisotopic (exact) mass is 488 g/mol. The molecule has 1 fully saturated rings. The van der Waals surface area contributed by atoms with Crippen molar-refractivity contribution >= 4 is 40.7 Å². The Morgan fingerprint density at radius 3 is 2.63 bits per heavy atom. The summed E-state index contributed by atoms with van der Waals surface area (Å²) in [5.74, 6) is -0.875. The van der Waals surface area contributed by atoms with Crippen LogP contribution in [0.25, 0.3) is 5.57 Å². The normalized spacial score (nSPS) is 16.9. The second-order valence-electron chi connectivity index (χ2n) is 8.05. The minimum atomic E-state index is -4.72. The van der Waals surface area contributed by atoms with Gasteiger partial charge in [0.25, 0.3) is 0 Å². The molecule has 0 spiro atoms. The number of rotatable bonds is 6. The summed E-state index contributed by atoms with van der Waals surface area (Å²) in [7, 11) is 1.28. The van der Waals surface area contributed by atoms with Gasteiger partial charge in [0.1, 0.15) is 11.4 Å². The molecular weight excluding hydrogens is 465 g/mol. The van der Waals surface area contributed by atoms with Crippen molar-refractivity contribution in [3.05, 3.63) is 53.8 Å². The van der Waals surface area contributed by atoms with E-state index in [-0.39, 0.29) is 23.6 Å². The molecule has 1 aliphatic heterocycles. The quantitative estimate of drug-likeness (QED) is 0.553. The van der Waals surface area contributed by atoms with Gasteiger partial charge in [0, 0.05) is 32.3 Å². The average Bonchev–Trinajstić information content (AvgIpc) is 3.21. The van der Waals surface area contributed by atoms with Crippen LogP contribution in [0.1, 0.15) is 24.5 Å². The van der Waals surface area contributed by atoms with Crippen LogP contribution in [0.15, 0.2) is 42.6 Å². The van der Waals surface area contributed by atoms with Gasteiger partial charge in [-0.25, -0.2) is 9.78 Å². The van der Waals surface area contributed by atoms with Gasteiger partial charge in [0.15, 0.2) is 0 Å². The number of hydrogen-bond donors (Lipinski definition) is 3. The molecule has 1 aromatic carbocycles. The molecule has 1 aromatic heterocycles. The minimum absolute atomic E-state index is 0.0281. The van der Waals surface area contributed by atoms with Gasteiger partial charge in [-0.2, -0.15) is 18.2 Å². The molecule has 184 valence electrons. The second-order valence-corrected chi connectivity index (χ2v) is 8.05.